The number of aliphatic carboxylic acids is 1. The fourth-order valence-electron chi connectivity index (χ4n) is 1.38. The summed E-state index contributed by atoms with van der Waals surface area (Å²) in [7, 11) is -3.75. The number of hydrogen-bond donors (Lipinski definition) is 2. The number of hydrogen-bond acceptors (Lipinski definition) is 4. The zero-order valence-electron chi connectivity index (χ0n) is 9.42. The van der Waals surface area contributed by atoms with Crippen LogP contribution >= 0.6 is 0 Å². The molecule has 0 fully saturated rings. The Balaban J connectivity index is 2.39. The quantitative estimate of drug-likeness (QED) is 0.749. The molecule has 1 heterocycles. The normalized spacial score (nSPS) is 13.5. The number of carboxylic acids is 1. The van der Waals surface area contributed by atoms with E-state index in [1.165, 1.54) is 0 Å². The van der Waals surface area contributed by atoms with Crippen molar-refractivity contribution >= 4 is 16.0 Å². The molecule has 96 valence electrons. The first-order valence-electron chi connectivity index (χ1n) is 5.13. The van der Waals surface area contributed by atoms with Gasteiger partial charge in [-0.05, 0) is 25.5 Å². The third-order valence-corrected chi connectivity index (χ3v) is 3.49. The van der Waals surface area contributed by atoms with E-state index in [2.05, 4.69) is 4.72 Å². The summed E-state index contributed by atoms with van der Waals surface area (Å²) in [6.07, 6.45) is 2.70. The Labute approximate surface area is 99.7 Å². The van der Waals surface area contributed by atoms with Crippen molar-refractivity contribution < 1.29 is 22.7 Å². The Hall–Kier alpha value is -1.34. The van der Waals surface area contributed by atoms with Crippen molar-refractivity contribution in [1.82, 2.24) is 4.72 Å². The third kappa shape index (κ3) is 5.50. The lowest BCUT2D eigenvalue weighted by Crippen LogP contribution is -2.36. The van der Waals surface area contributed by atoms with Gasteiger partial charge in [0.15, 0.2) is 5.75 Å². The molecule has 1 atom stereocenters. The molecular formula is C10H15NO5S. The second-order valence-corrected chi connectivity index (χ2v) is 5.54. The number of nitrogens with one attached hydrogen (secondary N) is 1. The van der Waals surface area contributed by atoms with E-state index in [-0.39, 0.29) is 6.04 Å². The number of carboxylic acid groups (broad SMARTS) is 1. The van der Waals surface area contributed by atoms with Gasteiger partial charge in [-0.1, -0.05) is 0 Å². The average molecular weight is 261 g/mol. The smallest absolute Gasteiger partial charge is 0.320 e. The fourth-order valence-corrected chi connectivity index (χ4v) is 2.52. The monoisotopic (exact) mass is 261 g/mol. The molecule has 0 bridgehead atoms. The van der Waals surface area contributed by atoms with Crippen molar-refractivity contribution in [2.45, 2.75) is 25.8 Å². The van der Waals surface area contributed by atoms with Gasteiger partial charge in [0.05, 0.1) is 6.26 Å². The van der Waals surface area contributed by atoms with Crippen LogP contribution in [-0.2, 0) is 21.2 Å². The lowest BCUT2D eigenvalue weighted by Gasteiger charge is -2.12. The maximum absolute atomic E-state index is 11.3. The van der Waals surface area contributed by atoms with E-state index in [0.29, 0.717) is 12.8 Å². The van der Waals surface area contributed by atoms with Crippen LogP contribution in [0.15, 0.2) is 22.8 Å². The molecule has 0 aliphatic heterocycles. The molecule has 1 aromatic heterocycles. The second-order valence-electron chi connectivity index (χ2n) is 3.79. The molecule has 1 aromatic rings. The molecule has 7 heteroatoms. The van der Waals surface area contributed by atoms with Gasteiger partial charge >= 0.3 is 5.97 Å². The lowest BCUT2D eigenvalue weighted by atomic mass is 10.2. The first-order chi connectivity index (χ1) is 7.89. The van der Waals surface area contributed by atoms with Crippen LogP contribution in [-0.4, -0.2) is 31.3 Å². The van der Waals surface area contributed by atoms with Crippen molar-refractivity contribution in [3.63, 3.8) is 0 Å². The fraction of sp³-hybridized carbons (Fsp3) is 0.500. The Kier molecular flexibility index (Phi) is 4.71. The van der Waals surface area contributed by atoms with Crippen LogP contribution < -0.4 is 4.72 Å². The second kappa shape index (κ2) is 5.83. The summed E-state index contributed by atoms with van der Waals surface area (Å²) in [6, 6.07) is 3.23. The van der Waals surface area contributed by atoms with Crippen LogP contribution in [0, 0.1) is 0 Å². The number of rotatable bonds is 7. The zero-order valence-corrected chi connectivity index (χ0v) is 10.2. The van der Waals surface area contributed by atoms with E-state index in [0.717, 1.165) is 5.76 Å². The van der Waals surface area contributed by atoms with Crippen molar-refractivity contribution in [1.29, 1.82) is 0 Å². The predicted octanol–water partition coefficient (Wildman–Crippen LogP) is 0.605. The number of sulfonamides is 1. The summed E-state index contributed by atoms with van der Waals surface area (Å²) < 4.78 is 30.0. The van der Waals surface area contributed by atoms with Crippen LogP contribution in [0.4, 0.5) is 0 Å². The topological polar surface area (TPSA) is 96.6 Å². The summed E-state index contributed by atoms with van der Waals surface area (Å²) in [5.41, 5.74) is 0. The Morgan fingerprint density at radius 1 is 1.59 bits per heavy atom. The van der Waals surface area contributed by atoms with Gasteiger partial charge in [-0.25, -0.2) is 13.1 Å². The molecule has 17 heavy (non-hydrogen) atoms. The number of furan rings is 1. The number of aryl methyl sites for hydroxylation is 1. The molecular weight excluding hydrogens is 246 g/mol. The molecule has 0 aliphatic rings. The molecule has 6 nitrogen and oxygen atoms in total. The highest BCUT2D eigenvalue weighted by Crippen LogP contribution is 2.06. The first-order valence-corrected chi connectivity index (χ1v) is 6.78. The van der Waals surface area contributed by atoms with Gasteiger partial charge < -0.3 is 9.52 Å². The predicted molar refractivity (Wildman–Crippen MR) is 61.0 cm³/mol. The van der Waals surface area contributed by atoms with Gasteiger partial charge in [0.25, 0.3) is 0 Å². The standard InChI is InChI=1S/C10H15NO5S/c1-8(4-5-9-3-2-6-16-9)11-17(14,15)7-10(12)13/h2-3,6,8,11H,4-5,7H2,1H3,(H,12,13). The summed E-state index contributed by atoms with van der Waals surface area (Å²) in [5, 5.41) is 8.41. The third-order valence-electron chi connectivity index (χ3n) is 2.10. The minimum atomic E-state index is -3.75. The SMILES string of the molecule is CC(CCc1ccco1)NS(=O)(=O)CC(=O)O. The van der Waals surface area contributed by atoms with E-state index in [1.54, 1.807) is 25.3 Å². The molecule has 1 unspecified atom stereocenters. The van der Waals surface area contributed by atoms with Gasteiger partial charge in [0.2, 0.25) is 10.0 Å². The van der Waals surface area contributed by atoms with Crippen LogP contribution in [0.1, 0.15) is 19.1 Å². The molecule has 0 saturated carbocycles. The summed E-state index contributed by atoms with van der Waals surface area (Å²) in [4.78, 5) is 10.3. The van der Waals surface area contributed by atoms with Crippen molar-refractivity contribution in [3.8, 4) is 0 Å². The van der Waals surface area contributed by atoms with Crippen molar-refractivity contribution in [2.24, 2.45) is 0 Å². The van der Waals surface area contributed by atoms with E-state index in [9.17, 15) is 13.2 Å². The van der Waals surface area contributed by atoms with E-state index >= 15 is 0 Å². The molecule has 0 radical (unpaired) electrons. The average Bonchev–Trinajstić information content (AvgIpc) is 2.63. The van der Waals surface area contributed by atoms with Gasteiger partial charge in [-0.2, -0.15) is 0 Å². The van der Waals surface area contributed by atoms with Gasteiger partial charge in [-0.15, -0.1) is 0 Å². The molecule has 0 saturated heterocycles. The molecule has 0 aromatic carbocycles. The zero-order chi connectivity index (χ0) is 12.9. The highest BCUT2D eigenvalue weighted by Gasteiger charge is 2.18. The molecule has 0 spiro atoms. The minimum Gasteiger partial charge on any atom is -0.480 e. The highest BCUT2D eigenvalue weighted by molar-refractivity contribution is 7.90. The Bertz CT molecular complexity index is 451. The minimum absolute atomic E-state index is 0.329. The molecule has 0 amide bonds. The van der Waals surface area contributed by atoms with Crippen LogP contribution in [0.5, 0.6) is 0 Å². The van der Waals surface area contributed by atoms with Gasteiger partial charge in [0.1, 0.15) is 5.76 Å². The molecule has 1 rings (SSSR count). The Morgan fingerprint density at radius 2 is 2.29 bits per heavy atom. The van der Waals surface area contributed by atoms with Crippen LogP contribution in [0.25, 0.3) is 0 Å². The van der Waals surface area contributed by atoms with Gasteiger partial charge in [-0.3, -0.25) is 4.79 Å². The maximum atomic E-state index is 11.3. The lowest BCUT2D eigenvalue weighted by molar-refractivity contribution is -0.134. The van der Waals surface area contributed by atoms with Gasteiger partial charge in [0, 0.05) is 12.5 Å². The molecule has 2 N–H and O–H groups in total. The first kappa shape index (κ1) is 13.7. The Morgan fingerprint density at radius 3 is 2.82 bits per heavy atom. The van der Waals surface area contributed by atoms with Crippen LogP contribution in [0.2, 0.25) is 0 Å². The van der Waals surface area contributed by atoms with E-state index in [4.69, 9.17) is 9.52 Å². The molecule has 0 aliphatic carbocycles. The van der Waals surface area contributed by atoms with Crippen molar-refractivity contribution in [2.75, 3.05) is 5.75 Å². The maximum Gasteiger partial charge on any atom is 0.320 e. The highest BCUT2D eigenvalue weighted by atomic mass is 32.2. The summed E-state index contributed by atoms with van der Waals surface area (Å²) >= 11 is 0. The van der Waals surface area contributed by atoms with E-state index < -0.39 is 21.7 Å². The summed E-state index contributed by atoms with van der Waals surface area (Å²) in [5.74, 6) is -1.50. The largest absolute Gasteiger partial charge is 0.480 e. The van der Waals surface area contributed by atoms with Crippen molar-refractivity contribution in [3.05, 3.63) is 24.2 Å². The van der Waals surface area contributed by atoms with Crippen LogP contribution in [0.3, 0.4) is 0 Å². The summed E-state index contributed by atoms with van der Waals surface area (Å²) in [6.45, 7) is 1.68. The number of carbonyl (C=O) groups is 1. The van der Waals surface area contributed by atoms with E-state index in [1.807, 2.05) is 0 Å².